The summed E-state index contributed by atoms with van der Waals surface area (Å²) in [5.74, 6) is -0.0403. The van der Waals surface area contributed by atoms with Crippen molar-refractivity contribution < 1.29 is 14.3 Å². The quantitative estimate of drug-likeness (QED) is 0.725. The number of para-hydroxylation sites is 1. The Kier molecular flexibility index (Phi) is 3.74. The molecule has 0 spiro atoms. The van der Waals surface area contributed by atoms with Crippen LogP contribution in [-0.2, 0) is 17.8 Å². The van der Waals surface area contributed by atoms with E-state index < -0.39 is 5.60 Å². The van der Waals surface area contributed by atoms with Crippen LogP contribution < -0.4 is 4.90 Å². The van der Waals surface area contributed by atoms with Gasteiger partial charge in [-0.05, 0) is 32.4 Å². The van der Waals surface area contributed by atoms with Gasteiger partial charge >= 0.3 is 6.09 Å². The van der Waals surface area contributed by atoms with Gasteiger partial charge in [0.05, 0.1) is 37.2 Å². The van der Waals surface area contributed by atoms with Crippen LogP contribution in [-0.4, -0.2) is 50.4 Å². The molecule has 0 radical (unpaired) electrons. The zero-order valence-corrected chi connectivity index (χ0v) is 16.7. The summed E-state index contributed by atoms with van der Waals surface area (Å²) in [6.45, 7) is 7.75. The summed E-state index contributed by atoms with van der Waals surface area (Å²) >= 11 is 0. The predicted molar refractivity (Wildman–Crippen MR) is 108 cm³/mol. The van der Waals surface area contributed by atoms with Gasteiger partial charge in [-0.3, -0.25) is 14.4 Å². The fraction of sp³-hybridized carbons (Fsp3) is 0.381. The second kappa shape index (κ2) is 6.10. The maximum atomic E-state index is 13.3. The van der Waals surface area contributed by atoms with Crippen molar-refractivity contribution in [3.63, 3.8) is 0 Å². The largest absolute Gasteiger partial charge is 0.441 e. The SMILES string of the molecule is Cc1c(C(=O)N2CCn3ncc(N4CC(C)(C)OC4=O)c3C2)[nH]c2ccccc12. The highest BCUT2D eigenvalue weighted by Crippen LogP contribution is 2.32. The summed E-state index contributed by atoms with van der Waals surface area (Å²) < 4.78 is 7.30. The lowest BCUT2D eigenvalue weighted by molar-refractivity contribution is 0.0700. The number of benzene rings is 1. The minimum absolute atomic E-state index is 0.0403. The lowest BCUT2D eigenvalue weighted by Crippen LogP contribution is -2.39. The first kappa shape index (κ1) is 17.8. The van der Waals surface area contributed by atoms with E-state index in [4.69, 9.17) is 4.74 Å². The summed E-state index contributed by atoms with van der Waals surface area (Å²) in [7, 11) is 0. The van der Waals surface area contributed by atoms with E-state index in [1.54, 1.807) is 11.1 Å². The molecule has 2 amide bonds. The fourth-order valence-corrected chi connectivity index (χ4v) is 4.24. The van der Waals surface area contributed by atoms with Crippen molar-refractivity contribution in [1.29, 1.82) is 0 Å². The van der Waals surface area contributed by atoms with Gasteiger partial charge in [-0.25, -0.2) is 4.79 Å². The van der Waals surface area contributed by atoms with Gasteiger partial charge in [0.25, 0.3) is 5.91 Å². The topological polar surface area (TPSA) is 83.5 Å². The number of anilines is 1. The molecule has 1 saturated heterocycles. The number of hydrogen-bond acceptors (Lipinski definition) is 4. The minimum Gasteiger partial charge on any atom is -0.441 e. The molecule has 2 aliphatic heterocycles. The van der Waals surface area contributed by atoms with Gasteiger partial charge in [-0.15, -0.1) is 0 Å². The summed E-state index contributed by atoms with van der Waals surface area (Å²) in [6.07, 6.45) is 1.32. The molecular formula is C21H23N5O3. The number of carbonyl (C=O) groups excluding carboxylic acids is 2. The number of carbonyl (C=O) groups is 2. The van der Waals surface area contributed by atoms with Crippen molar-refractivity contribution in [2.45, 2.75) is 39.5 Å². The molecule has 2 aromatic heterocycles. The smallest absolute Gasteiger partial charge is 0.415 e. The third kappa shape index (κ3) is 2.78. The molecule has 150 valence electrons. The molecule has 2 aliphatic rings. The molecule has 1 aromatic carbocycles. The Hall–Kier alpha value is -3.29. The number of aromatic amines is 1. The van der Waals surface area contributed by atoms with E-state index >= 15 is 0 Å². The van der Waals surface area contributed by atoms with Crippen LogP contribution >= 0.6 is 0 Å². The van der Waals surface area contributed by atoms with Crippen LogP contribution in [0.4, 0.5) is 10.5 Å². The molecule has 8 heteroatoms. The van der Waals surface area contributed by atoms with Crippen LogP contribution in [0, 0.1) is 6.92 Å². The molecule has 0 bridgehead atoms. The molecule has 4 heterocycles. The number of H-pyrrole nitrogens is 1. The first-order valence-electron chi connectivity index (χ1n) is 9.76. The maximum absolute atomic E-state index is 13.3. The first-order chi connectivity index (χ1) is 13.8. The van der Waals surface area contributed by atoms with Crippen molar-refractivity contribution >= 4 is 28.6 Å². The number of ether oxygens (including phenoxy) is 1. The van der Waals surface area contributed by atoms with Crippen LogP contribution in [0.1, 0.15) is 35.6 Å². The Bertz CT molecular complexity index is 1140. The van der Waals surface area contributed by atoms with Gasteiger partial charge in [-0.1, -0.05) is 18.2 Å². The van der Waals surface area contributed by atoms with Gasteiger partial charge in [0, 0.05) is 17.4 Å². The lowest BCUT2D eigenvalue weighted by atomic mass is 10.1. The average molecular weight is 393 g/mol. The second-order valence-corrected chi connectivity index (χ2v) is 8.31. The van der Waals surface area contributed by atoms with Crippen molar-refractivity contribution in [1.82, 2.24) is 19.7 Å². The normalized spacial score (nSPS) is 18.2. The Morgan fingerprint density at radius 2 is 2.03 bits per heavy atom. The summed E-state index contributed by atoms with van der Waals surface area (Å²) in [4.78, 5) is 32.3. The van der Waals surface area contributed by atoms with Crippen LogP contribution in [0.5, 0.6) is 0 Å². The third-order valence-corrected chi connectivity index (χ3v) is 5.73. The van der Waals surface area contributed by atoms with E-state index in [9.17, 15) is 9.59 Å². The standard InChI is InChI=1S/C21H23N5O3/c1-13-14-6-4-5-7-15(14)23-18(13)19(27)24-8-9-26-17(11-24)16(10-22-26)25-12-21(2,3)29-20(25)28/h4-7,10,23H,8-9,11-12H2,1-3H3. The Balaban J connectivity index is 1.45. The Labute approximate surface area is 168 Å². The summed E-state index contributed by atoms with van der Waals surface area (Å²) in [5.41, 5.74) is 3.55. The lowest BCUT2D eigenvalue weighted by Gasteiger charge is -2.29. The fourth-order valence-electron chi connectivity index (χ4n) is 4.24. The van der Waals surface area contributed by atoms with Gasteiger partial charge < -0.3 is 14.6 Å². The highest BCUT2D eigenvalue weighted by Gasteiger charge is 2.41. The number of nitrogens with one attached hydrogen (secondary N) is 1. The number of amides is 2. The molecule has 0 saturated carbocycles. The summed E-state index contributed by atoms with van der Waals surface area (Å²) in [6, 6.07) is 7.92. The molecule has 1 N–H and O–H groups in total. The molecule has 29 heavy (non-hydrogen) atoms. The van der Waals surface area contributed by atoms with E-state index in [-0.39, 0.29) is 12.0 Å². The van der Waals surface area contributed by atoms with Crippen LogP contribution in [0.3, 0.4) is 0 Å². The molecule has 1 fully saturated rings. The second-order valence-electron chi connectivity index (χ2n) is 8.31. The number of rotatable bonds is 2. The van der Waals surface area contributed by atoms with Crippen molar-refractivity contribution in [3.8, 4) is 0 Å². The van der Waals surface area contributed by atoms with Crippen molar-refractivity contribution in [2.24, 2.45) is 0 Å². The Morgan fingerprint density at radius 3 is 2.76 bits per heavy atom. The highest BCUT2D eigenvalue weighted by atomic mass is 16.6. The predicted octanol–water partition coefficient (Wildman–Crippen LogP) is 3.06. The third-order valence-electron chi connectivity index (χ3n) is 5.73. The first-order valence-corrected chi connectivity index (χ1v) is 9.76. The Morgan fingerprint density at radius 1 is 1.24 bits per heavy atom. The monoisotopic (exact) mass is 393 g/mol. The van der Waals surface area contributed by atoms with Gasteiger partial charge in [0.15, 0.2) is 0 Å². The number of hydrogen-bond donors (Lipinski definition) is 1. The van der Waals surface area contributed by atoms with Crippen molar-refractivity contribution in [2.75, 3.05) is 18.0 Å². The minimum atomic E-state index is -0.544. The van der Waals surface area contributed by atoms with Crippen LogP contribution in [0.15, 0.2) is 30.5 Å². The van der Waals surface area contributed by atoms with Crippen LogP contribution in [0.25, 0.3) is 10.9 Å². The van der Waals surface area contributed by atoms with E-state index in [2.05, 4.69) is 10.1 Å². The maximum Gasteiger partial charge on any atom is 0.415 e. The number of aromatic nitrogens is 3. The molecule has 8 nitrogen and oxygen atoms in total. The number of aryl methyl sites for hydroxylation is 1. The molecule has 0 unspecified atom stereocenters. The zero-order valence-electron chi connectivity index (χ0n) is 16.7. The average Bonchev–Trinajstić information content (AvgIpc) is 3.34. The summed E-state index contributed by atoms with van der Waals surface area (Å²) in [5, 5.41) is 5.48. The molecule has 5 rings (SSSR count). The molecule has 3 aromatic rings. The van der Waals surface area contributed by atoms with Gasteiger partial charge in [-0.2, -0.15) is 5.10 Å². The highest BCUT2D eigenvalue weighted by molar-refractivity contribution is 6.01. The van der Waals surface area contributed by atoms with E-state index in [0.717, 1.165) is 22.2 Å². The van der Waals surface area contributed by atoms with Crippen molar-refractivity contribution in [3.05, 3.63) is 47.4 Å². The van der Waals surface area contributed by atoms with Gasteiger partial charge in [0.1, 0.15) is 11.3 Å². The molecule has 0 aliphatic carbocycles. The van der Waals surface area contributed by atoms with Gasteiger partial charge in [0.2, 0.25) is 0 Å². The number of fused-ring (bicyclic) bond motifs is 2. The number of nitrogens with zero attached hydrogens (tertiary/aromatic N) is 4. The van der Waals surface area contributed by atoms with E-state index in [1.165, 1.54) is 0 Å². The number of cyclic esters (lactones) is 1. The molecule has 0 atom stereocenters. The van der Waals surface area contributed by atoms with E-state index in [0.29, 0.717) is 37.6 Å². The molecular weight excluding hydrogens is 370 g/mol. The zero-order chi connectivity index (χ0) is 20.3. The van der Waals surface area contributed by atoms with Crippen LogP contribution in [0.2, 0.25) is 0 Å². The van der Waals surface area contributed by atoms with E-state index in [1.807, 2.05) is 54.6 Å².